The molecule has 0 aliphatic rings. The molecule has 0 bridgehead atoms. The number of hydrogen-bond acceptors (Lipinski definition) is 5. The third-order valence-electron chi connectivity index (χ3n) is 2.99. The fourth-order valence-electron chi connectivity index (χ4n) is 1.10. The summed E-state index contributed by atoms with van der Waals surface area (Å²) in [6, 6.07) is 1.69. The van der Waals surface area contributed by atoms with Gasteiger partial charge in [0.25, 0.3) is 0 Å². The first kappa shape index (κ1) is 14.7. The summed E-state index contributed by atoms with van der Waals surface area (Å²) in [5, 5.41) is 30.5. The third-order valence-corrected chi connectivity index (χ3v) is 3.93. The van der Waals surface area contributed by atoms with Gasteiger partial charge in [0.2, 0.25) is 0 Å². The highest BCUT2D eigenvalue weighted by atomic mass is 32.1. The van der Waals surface area contributed by atoms with Crippen LogP contribution in [0.2, 0.25) is 0 Å². The molecule has 4 nitrogen and oxygen atoms in total. The van der Waals surface area contributed by atoms with E-state index in [1.165, 1.54) is 11.3 Å². The molecule has 6 heteroatoms. The van der Waals surface area contributed by atoms with Crippen molar-refractivity contribution >= 4 is 23.9 Å². The normalized spacial score (nSPS) is 12.9. The van der Waals surface area contributed by atoms with Gasteiger partial charge >= 0.3 is 7.12 Å². The molecule has 1 aromatic rings. The molecule has 0 atom stereocenters. The Balaban J connectivity index is 2.75. The summed E-state index contributed by atoms with van der Waals surface area (Å²) in [6.07, 6.45) is 0. The molecule has 0 fully saturated rings. The molecule has 0 aliphatic carbocycles. The van der Waals surface area contributed by atoms with Crippen molar-refractivity contribution in [3.8, 4) is 0 Å². The highest BCUT2D eigenvalue weighted by Gasteiger charge is 2.39. The lowest BCUT2D eigenvalue weighted by Gasteiger charge is -2.38. The monoisotopic (exact) mass is 258 g/mol. The molecule has 1 heterocycles. The van der Waals surface area contributed by atoms with Crippen molar-refractivity contribution in [1.82, 2.24) is 0 Å². The second kappa shape index (κ2) is 5.08. The molecule has 0 saturated carbocycles. The molecule has 17 heavy (non-hydrogen) atoms. The molecule has 0 amide bonds. The van der Waals surface area contributed by atoms with Gasteiger partial charge in [0.15, 0.2) is 0 Å². The lowest BCUT2D eigenvalue weighted by Crippen LogP contribution is -2.52. The fourth-order valence-corrected chi connectivity index (χ4v) is 1.85. The Hall–Kier alpha value is -0.395. The zero-order valence-electron chi connectivity index (χ0n) is 10.6. The van der Waals surface area contributed by atoms with Gasteiger partial charge in [-0.2, -0.15) is 0 Å². The minimum atomic E-state index is -1.10. The van der Waals surface area contributed by atoms with Gasteiger partial charge in [-0.15, -0.1) is 11.3 Å². The van der Waals surface area contributed by atoms with Gasteiger partial charge in [0, 0.05) is 4.88 Å². The summed E-state index contributed by atoms with van der Waals surface area (Å²) < 4.78 is 5.48. The van der Waals surface area contributed by atoms with Crippen LogP contribution in [0, 0.1) is 0 Å². The van der Waals surface area contributed by atoms with Gasteiger partial charge in [0.1, 0.15) is 0 Å². The Morgan fingerprint density at radius 3 is 2.35 bits per heavy atom. The summed E-state index contributed by atoms with van der Waals surface area (Å²) in [4.78, 5) is 0.767. The van der Waals surface area contributed by atoms with E-state index in [0.717, 1.165) is 4.88 Å². The van der Waals surface area contributed by atoms with Gasteiger partial charge in [-0.1, -0.05) is 0 Å². The van der Waals surface area contributed by atoms with Crippen molar-refractivity contribution < 1.29 is 19.9 Å². The highest BCUT2D eigenvalue weighted by molar-refractivity contribution is 7.11. The number of rotatable bonds is 5. The van der Waals surface area contributed by atoms with Crippen molar-refractivity contribution in [3.63, 3.8) is 0 Å². The maximum Gasteiger partial charge on any atom is 0.492 e. The van der Waals surface area contributed by atoms with Crippen molar-refractivity contribution in [2.45, 2.75) is 45.5 Å². The summed E-state index contributed by atoms with van der Waals surface area (Å²) in [6.45, 7) is 6.65. The quantitative estimate of drug-likeness (QED) is 0.672. The second-order valence-electron chi connectivity index (χ2n) is 5.04. The van der Waals surface area contributed by atoms with Crippen molar-refractivity contribution in [2.75, 3.05) is 0 Å². The Morgan fingerprint density at radius 1 is 1.35 bits per heavy atom. The van der Waals surface area contributed by atoms with Crippen LogP contribution in [0.1, 0.15) is 32.6 Å². The molecular weight excluding hydrogens is 239 g/mol. The van der Waals surface area contributed by atoms with E-state index in [9.17, 15) is 10.1 Å². The smallest absolute Gasteiger partial charge is 0.423 e. The first-order valence-electron chi connectivity index (χ1n) is 5.44. The Kier molecular flexibility index (Phi) is 4.38. The van der Waals surface area contributed by atoms with Crippen molar-refractivity contribution in [2.24, 2.45) is 0 Å². The van der Waals surface area contributed by atoms with Gasteiger partial charge in [-0.25, -0.2) is 0 Å². The average Bonchev–Trinajstić information content (AvgIpc) is 2.63. The van der Waals surface area contributed by atoms with Crippen LogP contribution in [-0.2, 0) is 11.3 Å². The predicted octanol–water partition coefficient (Wildman–Crippen LogP) is 0.494. The standard InChI is InChI=1S/C11H19BO4S/c1-10(2,14)11(3,4)16-12(15)8-5-9(6-13)17-7-8/h5,7,13-15H,6H2,1-4H3. The van der Waals surface area contributed by atoms with E-state index in [4.69, 9.17) is 9.76 Å². The SMILES string of the molecule is CC(C)(O)C(C)(C)OB(O)c1csc(CO)c1. The minimum absolute atomic E-state index is 0.0493. The zero-order chi connectivity index (χ0) is 13.3. The van der Waals surface area contributed by atoms with Crippen molar-refractivity contribution in [3.05, 3.63) is 16.3 Å². The van der Waals surface area contributed by atoms with Crippen LogP contribution >= 0.6 is 11.3 Å². The van der Waals surface area contributed by atoms with Gasteiger partial charge in [-0.05, 0) is 44.6 Å². The van der Waals surface area contributed by atoms with Crippen LogP contribution in [0.25, 0.3) is 0 Å². The molecule has 0 saturated heterocycles. The lowest BCUT2D eigenvalue weighted by atomic mass is 9.78. The first-order chi connectivity index (χ1) is 7.67. The number of aliphatic hydroxyl groups is 2. The Morgan fingerprint density at radius 2 is 1.94 bits per heavy atom. The maximum atomic E-state index is 9.92. The molecule has 1 aromatic heterocycles. The highest BCUT2D eigenvalue weighted by Crippen LogP contribution is 2.25. The molecule has 1 rings (SSSR count). The van der Waals surface area contributed by atoms with Crippen LogP contribution in [0.15, 0.2) is 11.4 Å². The largest absolute Gasteiger partial charge is 0.492 e. The second-order valence-corrected chi connectivity index (χ2v) is 6.04. The van der Waals surface area contributed by atoms with Crippen LogP contribution in [-0.4, -0.2) is 33.6 Å². The van der Waals surface area contributed by atoms with E-state index >= 15 is 0 Å². The maximum absolute atomic E-state index is 9.92. The molecule has 0 unspecified atom stereocenters. The summed E-state index contributed by atoms with van der Waals surface area (Å²) in [5.74, 6) is 0. The molecule has 96 valence electrons. The predicted molar refractivity (Wildman–Crippen MR) is 69.3 cm³/mol. The van der Waals surface area contributed by atoms with E-state index in [2.05, 4.69) is 0 Å². The molecule has 3 N–H and O–H groups in total. The van der Waals surface area contributed by atoms with Gasteiger partial charge in [0.05, 0.1) is 17.8 Å². The minimum Gasteiger partial charge on any atom is -0.423 e. The Labute approximate surface area is 106 Å². The van der Waals surface area contributed by atoms with Gasteiger partial charge < -0.3 is 19.9 Å². The van der Waals surface area contributed by atoms with Crippen LogP contribution in [0.5, 0.6) is 0 Å². The van der Waals surface area contributed by atoms with E-state index in [1.807, 2.05) is 0 Å². The molecule has 0 aromatic carbocycles. The number of hydrogen-bond donors (Lipinski definition) is 3. The van der Waals surface area contributed by atoms with Crippen LogP contribution in [0.3, 0.4) is 0 Å². The summed E-state index contributed by atoms with van der Waals surface area (Å²) >= 11 is 1.36. The molecule has 0 aliphatic heterocycles. The van der Waals surface area contributed by atoms with Gasteiger partial charge in [-0.3, -0.25) is 0 Å². The molecule has 0 radical (unpaired) electrons. The van der Waals surface area contributed by atoms with Crippen molar-refractivity contribution in [1.29, 1.82) is 0 Å². The van der Waals surface area contributed by atoms with Crippen LogP contribution in [0.4, 0.5) is 0 Å². The zero-order valence-corrected chi connectivity index (χ0v) is 11.4. The summed E-state index contributed by atoms with van der Waals surface area (Å²) in [5.41, 5.74) is -1.35. The van der Waals surface area contributed by atoms with Crippen LogP contribution < -0.4 is 5.46 Å². The topological polar surface area (TPSA) is 69.9 Å². The lowest BCUT2D eigenvalue weighted by molar-refractivity contribution is -0.0982. The van der Waals surface area contributed by atoms with E-state index < -0.39 is 18.3 Å². The molecular formula is C11H19BO4S. The average molecular weight is 258 g/mol. The van der Waals surface area contributed by atoms with E-state index in [-0.39, 0.29) is 6.61 Å². The Bertz CT molecular complexity index is 370. The van der Waals surface area contributed by atoms with E-state index in [1.54, 1.807) is 39.1 Å². The number of aliphatic hydroxyl groups excluding tert-OH is 1. The first-order valence-corrected chi connectivity index (χ1v) is 6.32. The number of thiophene rings is 1. The molecule has 0 spiro atoms. The third kappa shape index (κ3) is 3.53. The summed E-state index contributed by atoms with van der Waals surface area (Å²) in [7, 11) is -1.10. The van der Waals surface area contributed by atoms with E-state index in [0.29, 0.717) is 5.46 Å². The fraction of sp³-hybridized carbons (Fsp3) is 0.636.